The molecule has 4 rings (SSSR count). The summed E-state index contributed by atoms with van der Waals surface area (Å²) in [6, 6.07) is 14.7. The van der Waals surface area contributed by atoms with Crippen LogP contribution in [0.5, 0.6) is 5.75 Å². The van der Waals surface area contributed by atoms with E-state index in [0.29, 0.717) is 0 Å². The van der Waals surface area contributed by atoms with Gasteiger partial charge in [-0.3, -0.25) is 14.4 Å². The Hall–Kier alpha value is -3.61. The van der Waals surface area contributed by atoms with Gasteiger partial charge >= 0.3 is 0 Å². The summed E-state index contributed by atoms with van der Waals surface area (Å²) >= 11 is 0. The van der Waals surface area contributed by atoms with E-state index in [-0.39, 0.29) is 37.1 Å². The fraction of sp³-hybridized carbons (Fsp3) is 0.320. The molecule has 1 fully saturated rings. The molecule has 3 aromatic carbocycles. The van der Waals surface area contributed by atoms with Gasteiger partial charge in [-0.1, -0.05) is 55.7 Å². The van der Waals surface area contributed by atoms with Crippen molar-refractivity contribution in [3.8, 4) is 5.75 Å². The number of rotatable bonds is 6. The second-order valence-electron chi connectivity index (χ2n) is 8.57. The van der Waals surface area contributed by atoms with E-state index >= 15 is 0 Å². The Bertz CT molecular complexity index is 1220. The average Bonchev–Trinajstić information content (AvgIpc) is 2.82. The average molecular weight is 438 g/mol. The van der Waals surface area contributed by atoms with Crippen LogP contribution in [-0.2, 0) is 5.54 Å². The molecular formula is C25H31N3O4. The van der Waals surface area contributed by atoms with E-state index in [4.69, 9.17) is 0 Å². The molecule has 1 aliphatic rings. The molecule has 0 unspecified atom stereocenters. The molecule has 1 amide bonds. The van der Waals surface area contributed by atoms with E-state index < -0.39 is 16.4 Å². The van der Waals surface area contributed by atoms with Crippen LogP contribution in [0.4, 0.5) is 17.1 Å². The number of nitrogens with one attached hydrogen (secondary N) is 2. The highest BCUT2D eigenvalue weighted by Crippen LogP contribution is 2.41. The molecule has 1 aliphatic carbocycles. The lowest BCUT2D eigenvalue weighted by molar-refractivity contribution is 0.0824. The summed E-state index contributed by atoms with van der Waals surface area (Å²) in [5.74, 6) is -0.625. The summed E-state index contributed by atoms with van der Waals surface area (Å²) in [6.07, 6.45) is 4.89. The van der Waals surface area contributed by atoms with E-state index in [1.54, 1.807) is 26.2 Å². The maximum Gasteiger partial charge on any atom is 0.257 e. The van der Waals surface area contributed by atoms with Gasteiger partial charge in [0.25, 0.3) is 16.8 Å². The van der Waals surface area contributed by atoms with Gasteiger partial charge in [0.1, 0.15) is 11.4 Å². The number of carbonyl (C=O) groups is 1. The Kier molecular flexibility index (Phi) is 5.74. The number of anilines is 3. The monoisotopic (exact) mass is 437 g/mol. The van der Waals surface area contributed by atoms with Gasteiger partial charge < -0.3 is 20.6 Å². The molecule has 0 bridgehead atoms. The predicted molar refractivity (Wildman–Crippen MR) is 130 cm³/mol. The van der Waals surface area contributed by atoms with Crippen molar-refractivity contribution in [1.82, 2.24) is 4.90 Å². The molecule has 3 N–H and O–H groups in total. The summed E-state index contributed by atoms with van der Waals surface area (Å²) < 4.78 is 0. The molecule has 0 spiro atoms. The van der Waals surface area contributed by atoms with Crippen molar-refractivity contribution in [3.05, 3.63) is 80.1 Å². The van der Waals surface area contributed by atoms with Crippen LogP contribution < -0.4 is 21.5 Å². The zero-order valence-electron chi connectivity index (χ0n) is 18.3. The molecule has 0 aromatic heterocycles. The predicted octanol–water partition coefficient (Wildman–Crippen LogP) is 4.20. The molecule has 0 aliphatic heterocycles. The quantitative estimate of drug-likeness (QED) is 0.395. The van der Waals surface area contributed by atoms with Crippen LogP contribution in [0.25, 0.3) is 0 Å². The molecule has 1 saturated carbocycles. The molecule has 170 valence electrons. The largest absolute Gasteiger partial charge is 0.505 e. The first-order valence-corrected chi connectivity index (χ1v) is 10.8. The smallest absolute Gasteiger partial charge is 0.257 e. The van der Waals surface area contributed by atoms with E-state index in [1.165, 1.54) is 11.0 Å². The van der Waals surface area contributed by atoms with Crippen LogP contribution in [0.2, 0.25) is 0 Å². The minimum absolute atomic E-state index is 0. The molecule has 7 heteroatoms. The van der Waals surface area contributed by atoms with Crippen LogP contribution in [-0.4, -0.2) is 30.0 Å². The second-order valence-corrected chi connectivity index (χ2v) is 8.57. The SMILES string of the molecule is CN(C)C(=O)c1cccc(Nc2c(NC3(c4ccccc4)CCCCC3)c(=O)c2=O)c1O.[HH].[HH]. The third-order valence-corrected chi connectivity index (χ3v) is 6.24. The lowest BCUT2D eigenvalue weighted by Crippen LogP contribution is -2.44. The van der Waals surface area contributed by atoms with Crippen LogP contribution in [0, 0.1) is 0 Å². The van der Waals surface area contributed by atoms with E-state index in [1.807, 2.05) is 30.3 Å². The highest BCUT2D eigenvalue weighted by Gasteiger charge is 2.37. The Morgan fingerprint density at radius 2 is 1.59 bits per heavy atom. The summed E-state index contributed by atoms with van der Waals surface area (Å²) in [7, 11) is 3.18. The number of benzene rings is 2. The van der Waals surface area contributed by atoms with E-state index in [2.05, 4.69) is 10.6 Å². The Labute approximate surface area is 189 Å². The maximum atomic E-state index is 12.5. The van der Waals surface area contributed by atoms with Crippen molar-refractivity contribution >= 4 is 23.0 Å². The van der Waals surface area contributed by atoms with Crippen LogP contribution in [0.3, 0.4) is 0 Å². The van der Waals surface area contributed by atoms with Gasteiger partial charge in [-0.05, 0) is 30.5 Å². The highest BCUT2D eigenvalue weighted by molar-refractivity contribution is 5.99. The molecule has 3 aromatic rings. The van der Waals surface area contributed by atoms with Gasteiger partial charge in [0.15, 0.2) is 5.75 Å². The molecule has 0 saturated heterocycles. The minimum Gasteiger partial charge on any atom is -0.505 e. The first-order valence-electron chi connectivity index (χ1n) is 10.8. The number of hydrogen-bond donors (Lipinski definition) is 3. The summed E-state index contributed by atoms with van der Waals surface area (Å²) in [5, 5.41) is 16.9. The number of hydrogen-bond acceptors (Lipinski definition) is 6. The van der Waals surface area contributed by atoms with Gasteiger partial charge in [-0.2, -0.15) is 0 Å². The van der Waals surface area contributed by atoms with Crippen molar-refractivity contribution in [1.29, 1.82) is 0 Å². The van der Waals surface area contributed by atoms with Gasteiger partial charge in [-0.25, -0.2) is 0 Å². The van der Waals surface area contributed by atoms with Gasteiger partial charge in [0.05, 0.1) is 16.8 Å². The lowest BCUT2D eigenvalue weighted by Gasteiger charge is -2.40. The number of phenolic OH excluding ortho intramolecular Hbond substituents is 1. The number of para-hydroxylation sites is 1. The molecule has 32 heavy (non-hydrogen) atoms. The van der Waals surface area contributed by atoms with E-state index in [9.17, 15) is 19.5 Å². The molecular weight excluding hydrogens is 406 g/mol. The molecule has 7 nitrogen and oxygen atoms in total. The van der Waals surface area contributed by atoms with Gasteiger partial charge in [0.2, 0.25) is 0 Å². The number of phenols is 1. The van der Waals surface area contributed by atoms with Crippen molar-refractivity contribution in [2.75, 3.05) is 24.7 Å². The number of amides is 1. The Morgan fingerprint density at radius 1 is 0.938 bits per heavy atom. The zero-order chi connectivity index (χ0) is 22.9. The number of carbonyl (C=O) groups excluding carboxylic acids is 1. The third-order valence-electron chi connectivity index (χ3n) is 6.24. The fourth-order valence-electron chi connectivity index (χ4n) is 4.46. The molecule has 0 radical (unpaired) electrons. The van der Waals surface area contributed by atoms with E-state index in [0.717, 1.165) is 37.7 Å². The summed E-state index contributed by atoms with van der Waals surface area (Å²) in [5.41, 5.74) is 0.0866. The Balaban J connectivity index is 0.00000204. The normalized spacial score (nSPS) is 15.3. The molecule has 0 atom stereocenters. The number of aromatic hydroxyl groups is 1. The third kappa shape index (κ3) is 3.75. The number of nitrogens with zero attached hydrogens (tertiary/aromatic N) is 1. The van der Waals surface area contributed by atoms with Crippen molar-refractivity contribution in [2.24, 2.45) is 0 Å². The van der Waals surface area contributed by atoms with Crippen molar-refractivity contribution in [2.45, 2.75) is 37.6 Å². The minimum atomic E-state index is -0.643. The van der Waals surface area contributed by atoms with Crippen LogP contribution in [0.1, 0.15) is 50.9 Å². The summed E-state index contributed by atoms with van der Waals surface area (Å²) in [6.45, 7) is 0. The first kappa shape index (κ1) is 21.6. The maximum absolute atomic E-state index is 12.5. The lowest BCUT2D eigenvalue weighted by atomic mass is 9.76. The topological polar surface area (TPSA) is 98.7 Å². The zero-order valence-corrected chi connectivity index (χ0v) is 18.3. The second kappa shape index (κ2) is 8.49. The first-order chi connectivity index (χ1) is 15.3. The van der Waals surface area contributed by atoms with Crippen molar-refractivity contribution < 1.29 is 12.8 Å². The van der Waals surface area contributed by atoms with Gasteiger partial charge in [0, 0.05) is 16.9 Å². The summed E-state index contributed by atoms with van der Waals surface area (Å²) in [4.78, 5) is 38.6. The van der Waals surface area contributed by atoms with Crippen molar-refractivity contribution in [3.63, 3.8) is 0 Å². The molecule has 0 heterocycles. The van der Waals surface area contributed by atoms with Crippen LogP contribution >= 0.6 is 0 Å². The van der Waals surface area contributed by atoms with Crippen LogP contribution in [0.15, 0.2) is 58.1 Å². The van der Waals surface area contributed by atoms with Gasteiger partial charge in [-0.15, -0.1) is 0 Å². The Morgan fingerprint density at radius 3 is 2.25 bits per heavy atom. The standard InChI is InChI=1S/C25H27N3O4.2H2/c1-28(2)24(32)17-12-9-13-18(21(17)29)26-19-20(23(31)22(19)30)27-25(14-7-4-8-15-25)16-10-5-3-6-11-16;;/h3,5-6,9-13,26-27,29H,4,7-8,14-15H2,1-2H3;2*1H. The fourth-order valence-corrected chi connectivity index (χ4v) is 4.46. The highest BCUT2D eigenvalue weighted by atomic mass is 16.3.